The molecule has 0 aliphatic carbocycles. The zero-order valence-electron chi connectivity index (χ0n) is 15.7. The topological polar surface area (TPSA) is 49.9 Å². The lowest BCUT2D eigenvalue weighted by atomic mass is 9.99. The predicted octanol–water partition coefficient (Wildman–Crippen LogP) is 4.21. The van der Waals surface area contributed by atoms with Crippen LogP contribution in [-0.2, 0) is 17.8 Å². The largest absolute Gasteiger partial charge is 0.447 e. The number of carbonyl (C=O) groups excluding carboxylic acids is 2. The van der Waals surface area contributed by atoms with Gasteiger partial charge in [0.2, 0.25) is 0 Å². The molecule has 0 saturated carbocycles. The Bertz CT molecular complexity index is 957. The van der Waals surface area contributed by atoms with Crippen LogP contribution >= 0.6 is 0 Å². The molecule has 2 amide bonds. The average molecular weight is 404 g/mol. The van der Waals surface area contributed by atoms with Gasteiger partial charge in [-0.2, -0.15) is 13.2 Å². The molecule has 2 aliphatic heterocycles. The fourth-order valence-electron chi connectivity index (χ4n) is 3.67. The lowest BCUT2D eigenvalue weighted by Crippen LogP contribution is -2.34. The van der Waals surface area contributed by atoms with E-state index in [4.69, 9.17) is 4.74 Å². The van der Waals surface area contributed by atoms with Crippen LogP contribution in [0.2, 0.25) is 0 Å². The van der Waals surface area contributed by atoms with E-state index in [0.29, 0.717) is 24.3 Å². The summed E-state index contributed by atoms with van der Waals surface area (Å²) in [7, 11) is 0. The van der Waals surface area contributed by atoms with Crippen molar-refractivity contribution in [1.82, 2.24) is 9.80 Å². The minimum atomic E-state index is -4.42. The number of amides is 2. The molecule has 5 nitrogen and oxygen atoms in total. The van der Waals surface area contributed by atoms with Gasteiger partial charge in [-0.25, -0.2) is 4.79 Å². The van der Waals surface area contributed by atoms with Crippen LogP contribution in [0.1, 0.15) is 28.4 Å². The van der Waals surface area contributed by atoms with E-state index in [2.05, 4.69) is 0 Å². The molecule has 2 aliphatic rings. The van der Waals surface area contributed by atoms with Crippen LogP contribution in [0.15, 0.2) is 42.5 Å². The molecule has 152 valence electrons. The Balaban J connectivity index is 1.50. The van der Waals surface area contributed by atoms with E-state index >= 15 is 0 Å². The van der Waals surface area contributed by atoms with Crippen molar-refractivity contribution in [1.29, 1.82) is 0 Å². The van der Waals surface area contributed by atoms with Gasteiger partial charge in [-0.05, 0) is 41.3 Å². The Hall–Kier alpha value is -3.03. The van der Waals surface area contributed by atoms with Crippen molar-refractivity contribution in [3.63, 3.8) is 0 Å². The molecular formula is C21H19F3N2O3. The highest BCUT2D eigenvalue weighted by Crippen LogP contribution is 2.31. The Labute approximate surface area is 165 Å². The van der Waals surface area contributed by atoms with Crippen LogP contribution < -0.4 is 0 Å². The number of fused-ring (bicyclic) bond motifs is 1. The quantitative estimate of drug-likeness (QED) is 0.767. The number of alkyl halides is 3. The Morgan fingerprint density at radius 1 is 1.07 bits per heavy atom. The fourth-order valence-corrected chi connectivity index (χ4v) is 3.67. The molecule has 2 aromatic carbocycles. The predicted molar refractivity (Wildman–Crippen MR) is 99.0 cm³/mol. The minimum Gasteiger partial charge on any atom is -0.447 e. The smallest absolute Gasteiger partial charge is 0.410 e. The van der Waals surface area contributed by atoms with Gasteiger partial charge in [0.1, 0.15) is 13.2 Å². The van der Waals surface area contributed by atoms with Crippen molar-refractivity contribution < 1.29 is 27.5 Å². The Morgan fingerprint density at radius 3 is 2.38 bits per heavy atom. The second kappa shape index (κ2) is 7.09. The first kappa shape index (κ1) is 19.3. The number of cyclic esters (lactones) is 1. The second-order valence-electron chi connectivity index (χ2n) is 7.40. The summed E-state index contributed by atoms with van der Waals surface area (Å²) in [6.07, 6.45) is -4.75. The van der Waals surface area contributed by atoms with E-state index in [0.717, 1.165) is 21.6 Å². The summed E-state index contributed by atoms with van der Waals surface area (Å²) in [5.74, 6) is -0.592. The molecule has 1 atom stereocenters. The maximum atomic E-state index is 12.7. The third kappa shape index (κ3) is 3.92. The Kier molecular flexibility index (Phi) is 4.72. The van der Waals surface area contributed by atoms with E-state index in [1.165, 1.54) is 0 Å². The van der Waals surface area contributed by atoms with Gasteiger partial charge < -0.3 is 9.64 Å². The highest BCUT2D eigenvalue weighted by atomic mass is 19.4. The highest BCUT2D eigenvalue weighted by Gasteiger charge is 2.37. The highest BCUT2D eigenvalue weighted by molar-refractivity contribution is 5.99. The van der Waals surface area contributed by atoms with Crippen LogP contribution in [0.5, 0.6) is 0 Å². The molecule has 1 fully saturated rings. The van der Waals surface area contributed by atoms with E-state index in [-0.39, 0.29) is 18.7 Å². The first-order chi connectivity index (χ1) is 13.7. The maximum Gasteiger partial charge on any atom is 0.410 e. The van der Waals surface area contributed by atoms with Gasteiger partial charge in [-0.15, -0.1) is 0 Å². The van der Waals surface area contributed by atoms with Crippen molar-refractivity contribution in [2.45, 2.75) is 32.2 Å². The summed E-state index contributed by atoms with van der Waals surface area (Å²) >= 11 is 0. The first-order valence-corrected chi connectivity index (χ1v) is 9.23. The number of carbonyl (C=O) groups is 2. The van der Waals surface area contributed by atoms with E-state index in [9.17, 15) is 22.8 Å². The number of halogens is 3. The SMILES string of the molecule is C[C@@H]1COC(=O)N1Cc1ccc(-c2ccc3c(c2)CN(CC(F)(F)F)C3=O)cc1. The molecule has 0 aromatic heterocycles. The van der Waals surface area contributed by atoms with Crippen LogP contribution in [-0.4, -0.2) is 47.2 Å². The number of rotatable bonds is 4. The molecule has 8 heteroatoms. The van der Waals surface area contributed by atoms with E-state index in [1.54, 1.807) is 23.1 Å². The van der Waals surface area contributed by atoms with Gasteiger partial charge in [0.05, 0.1) is 6.04 Å². The number of hydrogen-bond acceptors (Lipinski definition) is 3. The summed E-state index contributed by atoms with van der Waals surface area (Å²) in [5.41, 5.74) is 3.57. The zero-order valence-corrected chi connectivity index (χ0v) is 15.7. The molecule has 4 rings (SSSR count). The molecule has 29 heavy (non-hydrogen) atoms. The normalized spacial score (nSPS) is 19.0. The van der Waals surface area contributed by atoms with Gasteiger partial charge in [0, 0.05) is 18.7 Å². The van der Waals surface area contributed by atoms with E-state index in [1.807, 2.05) is 31.2 Å². The first-order valence-electron chi connectivity index (χ1n) is 9.23. The van der Waals surface area contributed by atoms with Gasteiger partial charge >= 0.3 is 12.3 Å². The van der Waals surface area contributed by atoms with Crippen molar-refractivity contribution in [3.05, 3.63) is 59.2 Å². The fraction of sp³-hybridized carbons (Fsp3) is 0.333. The van der Waals surface area contributed by atoms with Gasteiger partial charge in [-0.3, -0.25) is 9.69 Å². The number of benzene rings is 2. The lowest BCUT2D eigenvalue weighted by molar-refractivity contribution is -0.140. The van der Waals surface area contributed by atoms with Crippen LogP contribution in [0, 0.1) is 0 Å². The van der Waals surface area contributed by atoms with Crippen molar-refractivity contribution in [2.24, 2.45) is 0 Å². The summed E-state index contributed by atoms with van der Waals surface area (Å²) in [4.78, 5) is 26.4. The van der Waals surface area contributed by atoms with Gasteiger partial charge in [0.15, 0.2) is 0 Å². The number of nitrogens with zero attached hydrogens (tertiary/aromatic N) is 2. The molecule has 0 N–H and O–H groups in total. The molecule has 0 bridgehead atoms. The van der Waals surface area contributed by atoms with Crippen LogP contribution in [0.25, 0.3) is 11.1 Å². The minimum absolute atomic E-state index is 0.0241. The molecule has 1 saturated heterocycles. The van der Waals surface area contributed by atoms with Crippen molar-refractivity contribution >= 4 is 12.0 Å². The average Bonchev–Trinajstić information content (AvgIpc) is 3.14. The second-order valence-corrected chi connectivity index (χ2v) is 7.40. The molecular weight excluding hydrogens is 385 g/mol. The van der Waals surface area contributed by atoms with Gasteiger partial charge in [0.25, 0.3) is 5.91 Å². The van der Waals surface area contributed by atoms with Gasteiger partial charge in [-0.1, -0.05) is 30.3 Å². The molecule has 0 radical (unpaired) electrons. The molecule has 2 heterocycles. The standard InChI is InChI=1S/C21H19F3N2O3/c1-13-11-29-20(28)26(13)9-14-2-4-15(5-3-14)16-6-7-18-17(8-16)10-25(19(18)27)12-21(22,23)24/h2-8,13H,9-12H2,1H3/t13-/m1/s1. The van der Waals surface area contributed by atoms with Crippen LogP contribution in [0.4, 0.5) is 18.0 Å². The number of hydrogen-bond donors (Lipinski definition) is 0. The summed E-state index contributed by atoms with van der Waals surface area (Å²) in [6, 6.07) is 12.7. The van der Waals surface area contributed by atoms with Crippen LogP contribution in [0.3, 0.4) is 0 Å². The molecule has 0 unspecified atom stereocenters. The summed E-state index contributed by atoms with van der Waals surface area (Å²) in [6.45, 7) is 1.46. The lowest BCUT2D eigenvalue weighted by Gasteiger charge is -2.18. The monoisotopic (exact) mass is 404 g/mol. The summed E-state index contributed by atoms with van der Waals surface area (Å²) < 4.78 is 43.0. The number of ether oxygens (including phenoxy) is 1. The zero-order chi connectivity index (χ0) is 20.8. The third-order valence-electron chi connectivity index (χ3n) is 5.21. The van der Waals surface area contributed by atoms with Crippen molar-refractivity contribution in [2.75, 3.05) is 13.2 Å². The molecule has 0 spiro atoms. The maximum absolute atomic E-state index is 12.7. The van der Waals surface area contributed by atoms with E-state index < -0.39 is 18.6 Å². The van der Waals surface area contributed by atoms with Crippen molar-refractivity contribution in [3.8, 4) is 11.1 Å². The third-order valence-corrected chi connectivity index (χ3v) is 5.21. The molecule has 2 aromatic rings. The Morgan fingerprint density at radius 2 is 1.76 bits per heavy atom. The summed E-state index contributed by atoms with van der Waals surface area (Å²) in [5, 5.41) is 0.